The van der Waals surface area contributed by atoms with Crippen molar-refractivity contribution in [1.29, 1.82) is 0 Å². The molecular weight excluding hydrogens is 214 g/mol. The van der Waals surface area contributed by atoms with Gasteiger partial charge in [-0.15, -0.1) is 0 Å². The van der Waals surface area contributed by atoms with Crippen LogP contribution in [0.3, 0.4) is 0 Å². The Labute approximate surface area is 101 Å². The molecule has 1 atom stereocenters. The molecule has 1 heterocycles. The fourth-order valence-corrected chi connectivity index (χ4v) is 2.11. The van der Waals surface area contributed by atoms with Gasteiger partial charge in [-0.3, -0.25) is 4.79 Å². The second-order valence-electron chi connectivity index (χ2n) is 4.38. The Morgan fingerprint density at radius 1 is 1.35 bits per heavy atom. The van der Waals surface area contributed by atoms with E-state index in [1.54, 1.807) is 25.3 Å². The van der Waals surface area contributed by atoms with E-state index in [9.17, 15) is 4.79 Å². The summed E-state index contributed by atoms with van der Waals surface area (Å²) < 4.78 is 5.49. The number of amides is 1. The van der Waals surface area contributed by atoms with E-state index in [-0.39, 0.29) is 11.8 Å². The SMILES string of the molecule is CCC(C(=O)N(C)C)c1coc2ccccc12. The molecular formula is C14H17NO2. The summed E-state index contributed by atoms with van der Waals surface area (Å²) in [5, 5.41) is 1.04. The second kappa shape index (κ2) is 4.62. The zero-order valence-electron chi connectivity index (χ0n) is 10.4. The Morgan fingerprint density at radius 3 is 2.71 bits per heavy atom. The molecule has 1 aromatic carbocycles. The molecule has 0 aliphatic carbocycles. The molecule has 0 spiro atoms. The van der Waals surface area contributed by atoms with Gasteiger partial charge in [0.1, 0.15) is 5.58 Å². The lowest BCUT2D eigenvalue weighted by molar-refractivity contribution is -0.130. The van der Waals surface area contributed by atoms with Gasteiger partial charge in [0.05, 0.1) is 12.2 Å². The molecule has 0 radical (unpaired) electrons. The molecule has 3 nitrogen and oxygen atoms in total. The Kier molecular flexibility index (Phi) is 3.18. The maximum Gasteiger partial charge on any atom is 0.229 e. The van der Waals surface area contributed by atoms with Gasteiger partial charge in [0.25, 0.3) is 0 Å². The average Bonchev–Trinajstić information content (AvgIpc) is 2.74. The third-order valence-corrected chi connectivity index (χ3v) is 3.03. The van der Waals surface area contributed by atoms with Crippen molar-refractivity contribution in [2.75, 3.05) is 14.1 Å². The van der Waals surface area contributed by atoms with Gasteiger partial charge >= 0.3 is 0 Å². The van der Waals surface area contributed by atoms with Crippen molar-refractivity contribution in [3.8, 4) is 0 Å². The van der Waals surface area contributed by atoms with E-state index in [0.717, 1.165) is 23.0 Å². The summed E-state index contributed by atoms with van der Waals surface area (Å²) in [6.07, 6.45) is 2.49. The molecule has 2 aromatic rings. The molecule has 1 amide bonds. The monoisotopic (exact) mass is 231 g/mol. The van der Waals surface area contributed by atoms with Gasteiger partial charge in [-0.25, -0.2) is 0 Å². The van der Waals surface area contributed by atoms with Crippen molar-refractivity contribution in [3.63, 3.8) is 0 Å². The molecule has 0 aliphatic heterocycles. The van der Waals surface area contributed by atoms with Crippen molar-refractivity contribution >= 4 is 16.9 Å². The van der Waals surface area contributed by atoms with E-state index in [1.807, 2.05) is 31.2 Å². The number of benzene rings is 1. The summed E-state index contributed by atoms with van der Waals surface area (Å²) in [6.45, 7) is 2.02. The van der Waals surface area contributed by atoms with Crippen molar-refractivity contribution in [2.24, 2.45) is 0 Å². The third-order valence-electron chi connectivity index (χ3n) is 3.03. The van der Waals surface area contributed by atoms with Gasteiger partial charge in [-0.1, -0.05) is 25.1 Å². The number of rotatable bonds is 3. The van der Waals surface area contributed by atoms with E-state index >= 15 is 0 Å². The van der Waals surface area contributed by atoms with Gasteiger partial charge in [0.15, 0.2) is 0 Å². The van der Waals surface area contributed by atoms with Crippen LogP contribution in [0.1, 0.15) is 24.8 Å². The highest BCUT2D eigenvalue weighted by Gasteiger charge is 2.23. The van der Waals surface area contributed by atoms with Gasteiger partial charge in [-0.05, 0) is 12.5 Å². The summed E-state index contributed by atoms with van der Waals surface area (Å²) in [5.41, 5.74) is 1.83. The topological polar surface area (TPSA) is 33.5 Å². The van der Waals surface area contributed by atoms with E-state index in [0.29, 0.717) is 0 Å². The Hall–Kier alpha value is -1.77. The Morgan fingerprint density at radius 2 is 2.06 bits per heavy atom. The number of hydrogen-bond donors (Lipinski definition) is 0. The van der Waals surface area contributed by atoms with Crippen molar-refractivity contribution in [1.82, 2.24) is 4.90 Å². The number of para-hydroxylation sites is 1. The number of carbonyl (C=O) groups is 1. The molecule has 1 unspecified atom stereocenters. The van der Waals surface area contributed by atoms with Crippen LogP contribution < -0.4 is 0 Å². The van der Waals surface area contributed by atoms with Crippen LogP contribution in [0.2, 0.25) is 0 Å². The first-order chi connectivity index (χ1) is 8.15. The summed E-state index contributed by atoms with van der Waals surface area (Å²) in [7, 11) is 3.57. The van der Waals surface area contributed by atoms with Crippen molar-refractivity contribution in [2.45, 2.75) is 19.3 Å². The minimum atomic E-state index is -0.117. The summed E-state index contributed by atoms with van der Waals surface area (Å²) in [4.78, 5) is 13.7. The highest BCUT2D eigenvalue weighted by Crippen LogP contribution is 2.30. The standard InChI is InChI=1S/C14H17NO2/c1-4-10(14(16)15(2)3)12-9-17-13-8-6-5-7-11(12)13/h5-10H,4H2,1-3H3. The molecule has 17 heavy (non-hydrogen) atoms. The first kappa shape index (κ1) is 11.7. The van der Waals surface area contributed by atoms with Crippen LogP contribution in [0.5, 0.6) is 0 Å². The Bertz CT molecular complexity index is 528. The highest BCUT2D eigenvalue weighted by molar-refractivity contribution is 5.90. The smallest absolute Gasteiger partial charge is 0.229 e. The maximum absolute atomic E-state index is 12.1. The molecule has 2 rings (SSSR count). The molecule has 0 saturated heterocycles. The van der Waals surface area contributed by atoms with Crippen LogP contribution in [0, 0.1) is 0 Å². The fraction of sp³-hybridized carbons (Fsp3) is 0.357. The normalized spacial score (nSPS) is 12.6. The van der Waals surface area contributed by atoms with Gasteiger partial charge in [0.2, 0.25) is 5.91 Å². The Balaban J connectivity index is 2.47. The lowest BCUT2D eigenvalue weighted by Gasteiger charge is -2.18. The average molecular weight is 231 g/mol. The number of likely N-dealkylation sites (N-methyl/N-ethyl adjacent to an activating group) is 1. The first-order valence-corrected chi connectivity index (χ1v) is 5.82. The summed E-state index contributed by atoms with van der Waals surface area (Å²) in [5.74, 6) is 0.00713. The number of hydrogen-bond acceptors (Lipinski definition) is 2. The highest BCUT2D eigenvalue weighted by atomic mass is 16.3. The van der Waals surface area contributed by atoms with E-state index in [4.69, 9.17) is 4.42 Å². The van der Waals surface area contributed by atoms with E-state index < -0.39 is 0 Å². The van der Waals surface area contributed by atoms with Crippen LogP contribution >= 0.6 is 0 Å². The molecule has 3 heteroatoms. The fourth-order valence-electron chi connectivity index (χ4n) is 2.11. The third kappa shape index (κ3) is 2.05. The number of carbonyl (C=O) groups excluding carboxylic acids is 1. The van der Waals surface area contributed by atoms with Gasteiger partial charge in [0, 0.05) is 25.0 Å². The zero-order valence-corrected chi connectivity index (χ0v) is 10.4. The van der Waals surface area contributed by atoms with Crippen LogP contribution in [-0.2, 0) is 4.79 Å². The molecule has 0 aliphatic rings. The summed E-state index contributed by atoms with van der Waals surface area (Å²) in [6, 6.07) is 7.82. The zero-order chi connectivity index (χ0) is 12.4. The summed E-state index contributed by atoms with van der Waals surface area (Å²) >= 11 is 0. The van der Waals surface area contributed by atoms with Crippen LogP contribution in [0.4, 0.5) is 0 Å². The predicted octanol–water partition coefficient (Wildman–Crippen LogP) is 3.01. The molecule has 1 aromatic heterocycles. The first-order valence-electron chi connectivity index (χ1n) is 5.82. The molecule has 0 saturated carbocycles. The molecule has 0 N–H and O–H groups in total. The maximum atomic E-state index is 12.1. The molecule has 0 bridgehead atoms. The lowest BCUT2D eigenvalue weighted by atomic mass is 9.95. The van der Waals surface area contributed by atoms with Crippen molar-refractivity contribution in [3.05, 3.63) is 36.1 Å². The predicted molar refractivity (Wildman–Crippen MR) is 67.9 cm³/mol. The minimum Gasteiger partial charge on any atom is -0.464 e. The van der Waals surface area contributed by atoms with Crippen LogP contribution in [-0.4, -0.2) is 24.9 Å². The molecule has 90 valence electrons. The van der Waals surface area contributed by atoms with Crippen LogP contribution in [0.25, 0.3) is 11.0 Å². The number of furan rings is 1. The van der Waals surface area contributed by atoms with Crippen molar-refractivity contribution < 1.29 is 9.21 Å². The largest absolute Gasteiger partial charge is 0.464 e. The van der Waals surface area contributed by atoms with Gasteiger partial charge in [-0.2, -0.15) is 0 Å². The quantitative estimate of drug-likeness (QED) is 0.813. The lowest BCUT2D eigenvalue weighted by Crippen LogP contribution is -2.27. The van der Waals surface area contributed by atoms with Gasteiger partial charge < -0.3 is 9.32 Å². The van der Waals surface area contributed by atoms with E-state index in [1.165, 1.54) is 0 Å². The van der Waals surface area contributed by atoms with E-state index in [2.05, 4.69) is 0 Å². The van der Waals surface area contributed by atoms with Crippen LogP contribution in [0.15, 0.2) is 34.9 Å². The molecule has 0 fully saturated rings. The second-order valence-corrected chi connectivity index (χ2v) is 4.38. The minimum absolute atomic E-state index is 0.117. The number of nitrogens with zero attached hydrogens (tertiary/aromatic N) is 1. The number of fused-ring (bicyclic) bond motifs is 1.